The maximum atomic E-state index is 13.8. The summed E-state index contributed by atoms with van der Waals surface area (Å²) >= 11 is 0. The predicted octanol–water partition coefficient (Wildman–Crippen LogP) is 0.987. The highest BCUT2D eigenvalue weighted by atomic mass is 19.4. The summed E-state index contributed by atoms with van der Waals surface area (Å²) in [5.41, 5.74) is -0.929. The Morgan fingerprint density at radius 1 is 1.21 bits per heavy atom. The summed E-state index contributed by atoms with van der Waals surface area (Å²) in [6.45, 7) is 1.32. The van der Waals surface area contributed by atoms with Crippen molar-refractivity contribution in [2.24, 2.45) is 0 Å². The Hall–Kier alpha value is -2.16. The summed E-state index contributed by atoms with van der Waals surface area (Å²) in [5.74, 6) is -1.95. The fraction of sp³-hybridized carbons (Fsp3) is 0.467. The van der Waals surface area contributed by atoms with Crippen LogP contribution in [0.25, 0.3) is 0 Å². The molecule has 3 rings (SSSR count). The van der Waals surface area contributed by atoms with Gasteiger partial charge in [-0.1, -0.05) is 0 Å². The Morgan fingerprint density at radius 2 is 1.96 bits per heavy atom. The molecule has 24 heavy (non-hydrogen) atoms. The van der Waals surface area contributed by atoms with Gasteiger partial charge in [-0.15, -0.1) is 0 Å². The van der Waals surface area contributed by atoms with Crippen molar-refractivity contribution in [2.75, 3.05) is 26.2 Å². The van der Waals surface area contributed by atoms with Crippen molar-refractivity contribution < 1.29 is 27.2 Å². The Labute approximate surface area is 135 Å². The van der Waals surface area contributed by atoms with Gasteiger partial charge < -0.3 is 10.2 Å². The topological polar surface area (TPSA) is 52.7 Å². The van der Waals surface area contributed by atoms with E-state index in [-0.39, 0.29) is 31.2 Å². The molecule has 1 atom stereocenters. The number of amides is 2. The molecule has 0 spiro atoms. The van der Waals surface area contributed by atoms with Gasteiger partial charge in [-0.3, -0.25) is 14.5 Å². The molecule has 9 heteroatoms. The fourth-order valence-electron chi connectivity index (χ4n) is 3.04. The number of alkyl halides is 3. The molecule has 2 aliphatic rings. The van der Waals surface area contributed by atoms with Gasteiger partial charge in [0, 0.05) is 38.3 Å². The van der Waals surface area contributed by atoms with E-state index in [1.54, 1.807) is 4.90 Å². The average Bonchev–Trinajstić information content (AvgIpc) is 2.52. The lowest BCUT2D eigenvalue weighted by Gasteiger charge is -2.43. The van der Waals surface area contributed by atoms with Crippen molar-refractivity contribution in [3.05, 3.63) is 35.1 Å². The normalized spacial score (nSPS) is 22.3. The van der Waals surface area contributed by atoms with E-state index in [4.69, 9.17) is 0 Å². The zero-order chi connectivity index (χ0) is 17.5. The van der Waals surface area contributed by atoms with Crippen LogP contribution < -0.4 is 5.32 Å². The predicted molar refractivity (Wildman–Crippen MR) is 75.2 cm³/mol. The number of rotatable bonds is 2. The van der Waals surface area contributed by atoms with E-state index in [1.165, 1.54) is 4.90 Å². The molecule has 0 bridgehead atoms. The molecule has 0 saturated carbocycles. The van der Waals surface area contributed by atoms with Gasteiger partial charge in [-0.25, -0.2) is 4.39 Å². The molecule has 2 fully saturated rings. The van der Waals surface area contributed by atoms with E-state index in [2.05, 4.69) is 5.32 Å². The van der Waals surface area contributed by atoms with Crippen LogP contribution >= 0.6 is 0 Å². The number of hydrogen-bond acceptors (Lipinski definition) is 3. The van der Waals surface area contributed by atoms with Gasteiger partial charge >= 0.3 is 18.0 Å². The first-order chi connectivity index (χ1) is 11.3. The highest BCUT2D eigenvalue weighted by Crippen LogP contribution is 2.30. The van der Waals surface area contributed by atoms with Gasteiger partial charge in [-0.2, -0.15) is 13.2 Å². The van der Waals surface area contributed by atoms with Crippen molar-refractivity contribution in [1.82, 2.24) is 15.1 Å². The molecule has 1 N–H and O–H groups in total. The van der Waals surface area contributed by atoms with Crippen molar-refractivity contribution in [1.29, 1.82) is 0 Å². The number of piperazine rings is 2. The molecule has 130 valence electrons. The summed E-state index contributed by atoms with van der Waals surface area (Å²) in [6.07, 6.45) is -4.53. The van der Waals surface area contributed by atoms with Crippen LogP contribution in [0.2, 0.25) is 0 Å². The Morgan fingerprint density at radius 3 is 2.67 bits per heavy atom. The molecule has 2 amide bonds. The lowest BCUT2D eigenvalue weighted by atomic mass is 10.1. The number of benzene rings is 1. The second-order valence-corrected chi connectivity index (χ2v) is 5.90. The molecule has 2 heterocycles. The molecule has 0 radical (unpaired) electrons. The number of carbonyl (C=O) groups excluding carboxylic acids is 2. The minimum Gasteiger partial charge on any atom is -0.346 e. The van der Waals surface area contributed by atoms with E-state index in [9.17, 15) is 27.2 Å². The number of nitrogens with zero attached hydrogens (tertiary/aromatic N) is 2. The Kier molecular flexibility index (Phi) is 4.20. The number of carbonyl (C=O) groups is 2. The van der Waals surface area contributed by atoms with Gasteiger partial charge in [0.05, 0.1) is 11.6 Å². The van der Waals surface area contributed by atoms with Crippen molar-refractivity contribution in [3.63, 3.8) is 0 Å². The lowest BCUT2D eigenvalue weighted by molar-refractivity contribution is -0.152. The minimum absolute atomic E-state index is 0.0161. The summed E-state index contributed by atoms with van der Waals surface area (Å²) in [4.78, 5) is 26.3. The molecule has 1 aromatic rings. The Balaban J connectivity index is 1.72. The molecule has 2 aliphatic heterocycles. The molecule has 0 aliphatic carbocycles. The van der Waals surface area contributed by atoms with Gasteiger partial charge in [0.1, 0.15) is 5.82 Å². The fourth-order valence-corrected chi connectivity index (χ4v) is 3.04. The van der Waals surface area contributed by atoms with Crippen molar-refractivity contribution in [3.8, 4) is 0 Å². The van der Waals surface area contributed by atoms with E-state index in [0.717, 1.165) is 12.1 Å². The zero-order valence-electron chi connectivity index (χ0n) is 12.6. The number of halogens is 4. The van der Waals surface area contributed by atoms with E-state index >= 15 is 0 Å². The molecule has 0 aromatic heterocycles. The van der Waals surface area contributed by atoms with Crippen LogP contribution in [0.1, 0.15) is 11.1 Å². The molecule has 5 nitrogen and oxygen atoms in total. The van der Waals surface area contributed by atoms with Crippen LogP contribution in [0.15, 0.2) is 18.2 Å². The van der Waals surface area contributed by atoms with Crippen LogP contribution in [0.4, 0.5) is 17.6 Å². The largest absolute Gasteiger partial charge is 0.416 e. The second-order valence-electron chi connectivity index (χ2n) is 5.90. The van der Waals surface area contributed by atoms with Crippen molar-refractivity contribution >= 4 is 11.8 Å². The molecule has 2 saturated heterocycles. The van der Waals surface area contributed by atoms with Crippen LogP contribution in [0.5, 0.6) is 0 Å². The van der Waals surface area contributed by atoms with Crippen LogP contribution in [-0.2, 0) is 22.3 Å². The highest BCUT2D eigenvalue weighted by Gasteiger charge is 2.38. The maximum absolute atomic E-state index is 13.8. The first-order valence-corrected chi connectivity index (χ1v) is 7.42. The lowest BCUT2D eigenvalue weighted by Crippen LogP contribution is -2.65. The summed E-state index contributed by atoms with van der Waals surface area (Å²) < 4.78 is 52.1. The first kappa shape index (κ1) is 16.7. The van der Waals surface area contributed by atoms with E-state index in [0.29, 0.717) is 19.2 Å². The SMILES string of the molecule is O=C1NCC2CN(Cc3cc(C(F)(F)F)ccc3F)CCN2C1=O. The third-order valence-electron chi connectivity index (χ3n) is 4.29. The van der Waals surface area contributed by atoms with Gasteiger partial charge in [-0.05, 0) is 18.2 Å². The highest BCUT2D eigenvalue weighted by molar-refractivity contribution is 6.35. The van der Waals surface area contributed by atoms with E-state index < -0.39 is 29.4 Å². The monoisotopic (exact) mass is 345 g/mol. The average molecular weight is 345 g/mol. The third-order valence-corrected chi connectivity index (χ3v) is 4.29. The quantitative estimate of drug-likeness (QED) is 0.642. The summed E-state index contributed by atoms with van der Waals surface area (Å²) in [5, 5.41) is 2.48. The maximum Gasteiger partial charge on any atom is 0.416 e. The van der Waals surface area contributed by atoms with Gasteiger partial charge in [0.15, 0.2) is 0 Å². The Bertz CT molecular complexity index is 677. The summed E-state index contributed by atoms with van der Waals surface area (Å²) in [7, 11) is 0. The first-order valence-electron chi connectivity index (χ1n) is 7.42. The van der Waals surface area contributed by atoms with Crippen LogP contribution in [0, 0.1) is 5.82 Å². The zero-order valence-corrected chi connectivity index (χ0v) is 12.6. The number of fused-ring (bicyclic) bond motifs is 1. The standard InChI is InChI=1S/C15H15F4N3O2/c16-12-2-1-10(15(17,18)19)5-9(12)7-21-3-4-22-11(8-21)6-20-13(23)14(22)24/h1-2,5,11H,3-4,6-8H2,(H,20,23). The number of nitrogens with one attached hydrogen (secondary N) is 1. The molecule has 1 aromatic carbocycles. The van der Waals surface area contributed by atoms with Crippen molar-refractivity contribution in [2.45, 2.75) is 18.8 Å². The van der Waals surface area contributed by atoms with E-state index in [1.807, 2.05) is 0 Å². The smallest absolute Gasteiger partial charge is 0.346 e. The summed E-state index contributed by atoms with van der Waals surface area (Å²) in [6, 6.07) is 2.10. The molecular weight excluding hydrogens is 330 g/mol. The molecule has 1 unspecified atom stereocenters. The second kappa shape index (κ2) is 6.04. The molecular formula is C15H15F4N3O2. The minimum atomic E-state index is -4.53. The van der Waals surface area contributed by atoms with Gasteiger partial charge in [0.2, 0.25) is 0 Å². The third kappa shape index (κ3) is 3.21. The van der Waals surface area contributed by atoms with Crippen LogP contribution in [-0.4, -0.2) is 53.8 Å². The van der Waals surface area contributed by atoms with Gasteiger partial charge in [0.25, 0.3) is 0 Å². The number of hydrogen-bond donors (Lipinski definition) is 1. The van der Waals surface area contributed by atoms with Crippen LogP contribution in [0.3, 0.4) is 0 Å².